The number of anilines is 1. The average Bonchev–Trinajstić information content (AvgIpc) is 3.63. The zero-order valence-electron chi connectivity index (χ0n) is 20.6. The minimum absolute atomic E-state index is 0.149. The van der Waals surface area contributed by atoms with E-state index in [0.29, 0.717) is 17.3 Å². The van der Waals surface area contributed by atoms with Crippen LogP contribution in [-0.4, -0.2) is 34.0 Å². The molecule has 0 amide bonds. The Bertz CT molecular complexity index is 1770. The van der Waals surface area contributed by atoms with Crippen LogP contribution >= 0.6 is 0 Å². The van der Waals surface area contributed by atoms with Crippen LogP contribution in [-0.2, 0) is 10.0 Å². The van der Waals surface area contributed by atoms with Gasteiger partial charge in [0.1, 0.15) is 18.0 Å². The second-order valence-corrected chi connectivity index (χ2v) is 11.5. The van der Waals surface area contributed by atoms with Crippen molar-refractivity contribution in [1.29, 1.82) is 0 Å². The lowest BCUT2D eigenvalue weighted by Crippen LogP contribution is -2.10. The molecule has 0 saturated heterocycles. The summed E-state index contributed by atoms with van der Waals surface area (Å²) in [5.74, 6) is -1.44. The Morgan fingerprint density at radius 3 is 2.53 bits per heavy atom. The Kier molecular flexibility index (Phi) is 5.98. The summed E-state index contributed by atoms with van der Waals surface area (Å²) < 4.78 is 58.4. The predicted molar refractivity (Wildman–Crippen MR) is 144 cm³/mol. The number of fused-ring (bicyclic) bond motifs is 1. The zero-order chi connectivity index (χ0) is 26.4. The van der Waals surface area contributed by atoms with E-state index in [-0.39, 0.29) is 11.3 Å². The van der Waals surface area contributed by atoms with Gasteiger partial charge < -0.3 is 0 Å². The van der Waals surface area contributed by atoms with Gasteiger partial charge in [-0.3, -0.25) is 14.0 Å². The Morgan fingerprint density at radius 2 is 1.76 bits per heavy atom. The second kappa shape index (κ2) is 9.36. The monoisotopic (exact) mass is 533 g/mol. The quantitative estimate of drug-likeness (QED) is 0.277. The lowest BCUT2D eigenvalue weighted by molar-refractivity contribution is 0.467. The molecule has 0 bridgehead atoms. The topological polar surface area (TPSA) is 81.8 Å². The highest BCUT2D eigenvalue weighted by Crippen LogP contribution is 2.33. The highest BCUT2D eigenvalue weighted by atomic mass is 32.2. The van der Waals surface area contributed by atoms with Crippen molar-refractivity contribution >= 4 is 26.7 Å². The van der Waals surface area contributed by atoms with Crippen LogP contribution < -0.4 is 4.72 Å². The minimum atomic E-state index is -3.60. The molecule has 1 fully saturated rings. The Morgan fingerprint density at radius 1 is 0.947 bits per heavy atom. The molecule has 1 aliphatic carbocycles. The fourth-order valence-corrected chi connectivity index (χ4v) is 5.70. The maximum absolute atomic E-state index is 14.6. The highest BCUT2D eigenvalue weighted by molar-refractivity contribution is 7.92. The molecule has 0 unspecified atom stereocenters. The first kappa shape index (κ1) is 24.3. The number of rotatable bonds is 6. The third-order valence-corrected chi connectivity index (χ3v) is 7.53. The van der Waals surface area contributed by atoms with E-state index >= 15 is 0 Å². The fraction of sp³-hybridized carbons (Fsp3) is 0.214. The summed E-state index contributed by atoms with van der Waals surface area (Å²) in [7, 11) is -3.60. The van der Waals surface area contributed by atoms with Crippen molar-refractivity contribution in [2.45, 2.75) is 31.7 Å². The van der Waals surface area contributed by atoms with Gasteiger partial charge in [-0.2, -0.15) is 5.10 Å². The van der Waals surface area contributed by atoms with Crippen molar-refractivity contribution in [3.63, 3.8) is 0 Å². The Balaban J connectivity index is 1.41. The van der Waals surface area contributed by atoms with Crippen LogP contribution in [0.1, 0.15) is 31.7 Å². The number of hydrogen-bond donors (Lipinski definition) is 1. The summed E-state index contributed by atoms with van der Waals surface area (Å²) in [6, 6.07) is 14.6. The lowest BCUT2D eigenvalue weighted by atomic mass is 10.0. The van der Waals surface area contributed by atoms with E-state index in [2.05, 4.69) is 25.7 Å². The molecule has 194 valence electrons. The SMILES string of the molecule is CS(=O)(=O)Nc1cc(-c2ccc(F)cc2F)cc(-n2cnc3cc(-c4cnn(C5CCCC5)c4)ccc32)c1. The summed E-state index contributed by atoms with van der Waals surface area (Å²) in [4.78, 5) is 4.57. The Hall–Kier alpha value is -4.05. The van der Waals surface area contributed by atoms with Gasteiger partial charge in [-0.25, -0.2) is 22.2 Å². The molecule has 1 saturated carbocycles. The van der Waals surface area contributed by atoms with Crippen LogP contribution in [0.15, 0.2) is 73.3 Å². The van der Waals surface area contributed by atoms with Crippen molar-refractivity contribution in [3.8, 4) is 27.9 Å². The van der Waals surface area contributed by atoms with Gasteiger partial charge in [-0.05, 0) is 66.4 Å². The van der Waals surface area contributed by atoms with E-state index in [4.69, 9.17) is 0 Å². The standard InChI is InChI=1S/C28H25F2N5O2S/c1-38(36,37)33-22-10-19(25-8-7-21(29)13-26(25)30)11-24(14-22)34-17-31-27-12-18(6-9-28(27)34)20-15-32-35(16-20)23-4-2-3-5-23/h6-17,23,33H,2-5H2,1H3. The molecule has 38 heavy (non-hydrogen) atoms. The summed E-state index contributed by atoms with van der Waals surface area (Å²) >= 11 is 0. The van der Waals surface area contributed by atoms with Crippen LogP contribution in [0, 0.1) is 11.6 Å². The predicted octanol–water partition coefficient (Wildman–Crippen LogP) is 6.32. The van der Waals surface area contributed by atoms with Crippen LogP contribution in [0.2, 0.25) is 0 Å². The van der Waals surface area contributed by atoms with Gasteiger partial charge in [-0.15, -0.1) is 0 Å². The van der Waals surface area contributed by atoms with Crippen molar-refractivity contribution < 1.29 is 17.2 Å². The van der Waals surface area contributed by atoms with Crippen molar-refractivity contribution in [2.75, 3.05) is 11.0 Å². The molecule has 7 nitrogen and oxygen atoms in total. The average molecular weight is 534 g/mol. The van der Waals surface area contributed by atoms with E-state index in [1.807, 2.05) is 24.4 Å². The molecule has 0 radical (unpaired) electrons. The molecule has 1 aliphatic rings. The van der Waals surface area contributed by atoms with Gasteiger partial charge in [0.15, 0.2) is 0 Å². The number of aromatic nitrogens is 4. The summed E-state index contributed by atoms with van der Waals surface area (Å²) in [6.45, 7) is 0. The van der Waals surface area contributed by atoms with Gasteiger partial charge in [0.25, 0.3) is 0 Å². The van der Waals surface area contributed by atoms with Crippen LogP contribution in [0.4, 0.5) is 14.5 Å². The summed E-state index contributed by atoms with van der Waals surface area (Å²) in [5.41, 5.74) is 4.91. The van der Waals surface area contributed by atoms with Gasteiger partial charge in [0, 0.05) is 29.1 Å². The molecular formula is C28H25F2N5O2S. The van der Waals surface area contributed by atoms with Gasteiger partial charge >= 0.3 is 0 Å². The summed E-state index contributed by atoms with van der Waals surface area (Å²) in [6.07, 6.45) is 11.4. The minimum Gasteiger partial charge on any atom is -0.299 e. The number of halogens is 2. The number of nitrogens with zero attached hydrogens (tertiary/aromatic N) is 4. The lowest BCUT2D eigenvalue weighted by Gasteiger charge is -2.13. The molecule has 2 aromatic heterocycles. The third kappa shape index (κ3) is 4.79. The molecule has 0 aliphatic heterocycles. The van der Waals surface area contributed by atoms with E-state index < -0.39 is 21.7 Å². The maximum atomic E-state index is 14.6. The van der Waals surface area contributed by atoms with Crippen LogP contribution in [0.3, 0.4) is 0 Å². The first-order valence-electron chi connectivity index (χ1n) is 12.3. The van der Waals surface area contributed by atoms with Gasteiger partial charge in [-0.1, -0.05) is 18.9 Å². The van der Waals surface area contributed by atoms with E-state index in [1.54, 1.807) is 23.0 Å². The molecule has 0 atom stereocenters. The molecular weight excluding hydrogens is 508 g/mol. The number of benzene rings is 3. The number of hydrogen-bond acceptors (Lipinski definition) is 4. The van der Waals surface area contributed by atoms with Crippen molar-refractivity contribution in [2.24, 2.45) is 0 Å². The zero-order valence-corrected chi connectivity index (χ0v) is 21.4. The van der Waals surface area contributed by atoms with E-state index in [9.17, 15) is 17.2 Å². The fourth-order valence-electron chi connectivity index (χ4n) is 5.16. The molecule has 5 aromatic rings. The van der Waals surface area contributed by atoms with Crippen molar-refractivity contribution in [3.05, 3.63) is 85.0 Å². The smallest absolute Gasteiger partial charge is 0.229 e. The van der Waals surface area contributed by atoms with Crippen LogP contribution in [0.5, 0.6) is 0 Å². The van der Waals surface area contributed by atoms with Gasteiger partial charge in [0.2, 0.25) is 10.0 Å². The normalized spacial score (nSPS) is 14.4. The molecule has 3 aromatic carbocycles. The number of nitrogens with one attached hydrogen (secondary N) is 1. The molecule has 0 spiro atoms. The first-order chi connectivity index (χ1) is 18.2. The molecule has 1 N–H and O–H groups in total. The molecule has 6 rings (SSSR count). The number of imidazole rings is 1. The molecule has 10 heteroatoms. The molecule has 2 heterocycles. The number of sulfonamides is 1. The van der Waals surface area contributed by atoms with E-state index in [1.165, 1.54) is 25.0 Å². The van der Waals surface area contributed by atoms with Crippen LogP contribution in [0.25, 0.3) is 39.0 Å². The van der Waals surface area contributed by atoms with Gasteiger partial charge in [0.05, 0.1) is 35.2 Å². The third-order valence-electron chi connectivity index (χ3n) is 6.92. The van der Waals surface area contributed by atoms with Crippen molar-refractivity contribution in [1.82, 2.24) is 19.3 Å². The summed E-state index contributed by atoms with van der Waals surface area (Å²) in [5, 5.41) is 4.58. The Labute approximate surface area is 218 Å². The first-order valence-corrected chi connectivity index (χ1v) is 14.2. The second-order valence-electron chi connectivity index (χ2n) is 9.73. The largest absolute Gasteiger partial charge is 0.299 e. The highest BCUT2D eigenvalue weighted by Gasteiger charge is 2.18. The van der Waals surface area contributed by atoms with E-state index in [0.717, 1.165) is 53.4 Å². The maximum Gasteiger partial charge on any atom is 0.229 e.